The van der Waals surface area contributed by atoms with Crippen molar-refractivity contribution in [2.45, 2.75) is 19.8 Å². The molecule has 0 saturated carbocycles. The minimum Gasteiger partial charge on any atom is -0.321 e. The summed E-state index contributed by atoms with van der Waals surface area (Å²) in [6.45, 7) is 3.70. The molecule has 0 aliphatic rings. The molecule has 0 unspecified atom stereocenters. The molecule has 0 radical (unpaired) electrons. The molecule has 1 aromatic carbocycles. The number of anilines is 1. The highest BCUT2D eigenvalue weighted by atomic mass is 35.5. The van der Waals surface area contributed by atoms with Gasteiger partial charge in [0.2, 0.25) is 0 Å². The predicted molar refractivity (Wildman–Crippen MR) is 112 cm³/mol. The fraction of sp³-hybridized carbons (Fsp3) is 0.263. The highest BCUT2D eigenvalue weighted by Gasteiger charge is 2.22. The Balaban J connectivity index is 2.28. The number of nitro groups is 1. The van der Waals surface area contributed by atoms with Gasteiger partial charge in [-0.1, -0.05) is 25.4 Å². The third kappa shape index (κ3) is 3.45. The molecule has 1 N–H and O–H groups in total. The summed E-state index contributed by atoms with van der Waals surface area (Å²) in [5, 5.41) is 13.8. The van der Waals surface area contributed by atoms with Gasteiger partial charge in [-0.3, -0.25) is 28.8 Å². The molecule has 1 amide bonds. The highest BCUT2D eigenvalue weighted by molar-refractivity contribution is 6.34. The number of carbonyl (C=O) groups is 1. The van der Waals surface area contributed by atoms with Crippen LogP contribution in [0.2, 0.25) is 5.02 Å². The second kappa shape index (κ2) is 7.71. The van der Waals surface area contributed by atoms with Crippen LogP contribution in [0.15, 0.2) is 34.0 Å². The van der Waals surface area contributed by atoms with E-state index in [1.807, 2.05) is 13.8 Å². The fourth-order valence-corrected chi connectivity index (χ4v) is 3.30. The van der Waals surface area contributed by atoms with Crippen molar-refractivity contribution in [1.82, 2.24) is 14.1 Å². The van der Waals surface area contributed by atoms with Crippen LogP contribution in [-0.4, -0.2) is 24.9 Å². The van der Waals surface area contributed by atoms with Crippen molar-refractivity contribution in [3.63, 3.8) is 0 Å². The first-order valence-corrected chi connectivity index (χ1v) is 9.26. The number of nitrogens with zero attached hydrogens (tertiary/aromatic N) is 4. The Kier molecular flexibility index (Phi) is 5.45. The number of aryl methyl sites for hydroxylation is 1. The van der Waals surface area contributed by atoms with E-state index in [1.54, 1.807) is 0 Å². The van der Waals surface area contributed by atoms with Crippen molar-refractivity contribution in [2.24, 2.45) is 14.1 Å². The van der Waals surface area contributed by atoms with Crippen LogP contribution >= 0.6 is 11.6 Å². The Morgan fingerprint density at radius 3 is 2.50 bits per heavy atom. The molecular formula is C19H18ClN5O5. The van der Waals surface area contributed by atoms with E-state index in [1.165, 1.54) is 37.0 Å². The van der Waals surface area contributed by atoms with E-state index in [9.17, 15) is 24.5 Å². The highest BCUT2D eigenvalue weighted by Crippen LogP contribution is 2.30. The lowest BCUT2D eigenvalue weighted by Crippen LogP contribution is -2.38. The van der Waals surface area contributed by atoms with E-state index >= 15 is 0 Å². The number of pyridine rings is 1. The van der Waals surface area contributed by atoms with E-state index in [4.69, 9.17) is 11.6 Å². The van der Waals surface area contributed by atoms with Gasteiger partial charge >= 0.3 is 5.69 Å². The van der Waals surface area contributed by atoms with Crippen LogP contribution in [0.4, 0.5) is 11.4 Å². The number of nitrogens with one attached hydrogen (secondary N) is 1. The molecule has 0 spiro atoms. The molecule has 0 fully saturated rings. The average molecular weight is 432 g/mol. The van der Waals surface area contributed by atoms with Gasteiger partial charge in [-0.15, -0.1) is 0 Å². The average Bonchev–Trinajstić information content (AvgIpc) is 2.70. The van der Waals surface area contributed by atoms with Crippen molar-refractivity contribution in [3.8, 4) is 0 Å². The van der Waals surface area contributed by atoms with E-state index in [0.717, 1.165) is 10.6 Å². The van der Waals surface area contributed by atoms with Crippen LogP contribution in [-0.2, 0) is 14.1 Å². The van der Waals surface area contributed by atoms with Crippen LogP contribution in [0.3, 0.4) is 0 Å². The number of amides is 1. The van der Waals surface area contributed by atoms with E-state index in [0.29, 0.717) is 5.56 Å². The van der Waals surface area contributed by atoms with Gasteiger partial charge in [0.1, 0.15) is 5.39 Å². The molecule has 3 aromatic rings. The zero-order chi connectivity index (χ0) is 22.3. The molecule has 2 aromatic heterocycles. The largest absolute Gasteiger partial charge is 0.332 e. The zero-order valence-electron chi connectivity index (χ0n) is 16.6. The normalized spacial score (nSPS) is 11.1. The van der Waals surface area contributed by atoms with Crippen molar-refractivity contribution >= 4 is 39.9 Å². The van der Waals surface area contributed by atoms with Gasteiger partial charge in [0, 0.05) is 32.4 Å². The quantitative estimate of drug-likeness (QED) is 0.499. The van der Waals surface area contributed by atoms with E-state index in [-0.39, 0.29) is 38.9 Å². The lowest BCUT2D eigenvalue weighted by molar-refractivity contribution is -0.384. The number of hydrogen-bond acceptors (Lipinski definition) is 6. The summed E-state index contributed by atoms with van der Waals surface area (Å²) in [6, 6.07) is 3.50. The molecule has 0 aliphatic heterocycles. The van der Waals surface area contributed by atoms with Crippen molar-refractivity contribution in [1.29, 1.82) is 0 Å². The topological polar surface area (TPSA) is 129 Å². The minimum absolute atomic E-state index is 0.0165. The second-order valence-electron chi connectivity index (χ2n) is 7.02. The summed E-state index contributed by atoms with van der Waals surface area (Å²) in [5.41, 5.74) is -0.751. The molecule has 156 valence electrons. The Bertz CT molecular complexity index is 1330. The molecule has 0 bridgehead atoms. The van der Waals surface area contributed by atoms with Gasteiger partial charge < -0.3 is 5.32 Å². The number of non-ortho nitro benzene ring substituents is 1. The first kappa shape index (κ1) is 21.2. The number of hydrogen-bond donors (Lipinski definition) is 1. The lowest BCUT2D eigenvalue weighted by atomic mass is 10.0. The van der Waals surface area contributed by atoms with E-state index < -0.39 is 22.1 Å². The third-order valence-corrected chi connectivity index (χ3v) is 5.09. The van der Waals surface area contributed by atoms with Crippen molar-refractivity contribution < 1.29 is 9.72 Å². The number of carbonyl (C=O) groups excluding carboxylic acids is 1. The van der Waals surface area contributed by atoms with Crippen LogP contribution in [0, 0.1) is 10.1 Å². The van der Waals surface area contributed by atoms with Gasteiger partial charge in [-0.05, 0) is 17.5 Å². The summed E-state index contributed by atoms with van der Waals surface area (Å²) < 4.78 is 2.13. The maximum Gasteiger partial charge on any atom is 0.332 e. The van der Waals surface area contributed by atoms with Gasteiger partial charge in [-0.2, -0.15) is 0 Å². The number of nitro benzene ring substituents is 1. The molecule has 3 rings (SSSR count). The van der Waals surface area contributed by atoms with Crippen LogP contribution in [0.5, 0.6) is 0 Å². The monoisotopic (exact) mass is 431 g/mol. The number of aromatic nitrogens is 3. The van der Waals surface area contributed by atoms with Gasteiger partial charge in [0.15, 0.2) is 5.65 Å². The summed E-state index contributed by atoms with van der Waals surface area (Å²) in [6.07, 6.45) is 1.48. The van der Waals surface area contributed by atoms with Crippen LogP contribution < -0.4 is 16.6 Å². The summed E-state index contributed by atoms with van der Waals surface area (Å²) >= 11 is 6.08. The Morgan fingerprint density at radius 2 is 1.90 bits per heavy atom. The molecule has 0 aliphatic carbocycles. The minimum atomic E-state index is -0.728. The molecular weight excluding hydrogens is 414 g/mol. The number of benzene rings is 1. The summed E-state index contributed by atoms with van der Waals surface area (Å²) in [5.74, 6) is -0.853. The SMILES string of the molecule is CC(C)c1cnc2c(c1NC(=O)c1cc([N+](=O)[O-])ccc1Cl)c(=O)n(C)c(=O)n2C. The fourth-order valence-electron chi connectivity index (χ4n) is 3.10. The van der Waals surface area contributed by atoms with Crippen molar-refractivity contribution in [3.05, 3.63) is 71.5 Å². The lowest BCUT2D eigenvalue weighted by Gasteiger charge is -2.17. The Hall–Kier alpha value is -3.53. The second-order valence-corrected chi connectivity index (χ2v) is 7.43. The Labute approximate surface area is 174 Å². The molecule has 2 heterocycles. The predicted octanol–water partition coefficient (Wildman–Crippen LogP) is 2.57. The molecule has 0 saturated heterocycles. The standard InChI is InChI=1S/C19H18ClN5O5/c1-9(2)12-8-21-16-14(18(27)24(4)19(28)23(16)3)15(12)22-17(26)11-7-10(25(29)30)5-6-13(11)20/h5-9H,1-4H3,(H,21,22,26). The maximum atomic E-state index is 13.0. The smallest absolute Gasteiger partial charge is 0.321 e. The number of rotatable bonds is 4. The van der Waals surface area contributed by atoms with Crippen LogP contribution in [0.1, 0.15) is 35.7 Å². The Morgan fingerprint density at radius 1 is 1.23 bits per heavy atom. The molecule has 11 heteroatoms. The zero-order valence-corrected chi connectivity index (χ0v) is 17.4. The third-order valence-electron chi connectivity index (χ3n) is 4.76. The molecule has 0 atom stereocenters. The first-order valence-electron chi connectivity index (χ1n) is 8.88. The number of fused-ring (bicyclic) bond motifs is 1. The first-order chi connectivity index (χ1) is 14.0. The maximum absolute atomic E-state index is 13.0. The van der Waals surface area contributed by atoms with Gasteiger partial charge in [0.25, 0.3) is 17.2 Å². The summed E-state index contributed by atoms with van der Waals surface area (Å²) in [4.78, 5) is 52.7. The van der Waals surface area contributed by atoms with Crippen molar-refractivity contribution in [2.75, 3.05) is 5.32 Å². The summed E-state index contributed by atoms with van der Waals surface area (Å²) in [7, 11) is 2.80. The molecule has 10 nitrogen and oxygen atoms in total. The van der Waals surface area contributed by atoms with Gasteiger partial charge in [0.05, 0.1) is 21.2 Å². The number of halogens is 1. The molecule has 30 heavy (non-hydrogen) atoms. The van der Waals surface area contributed by atoms with E-state index in [2.05, 4.69) is 10.3 Å². The van der Waals surface area contributed by atoms with Crippen LogP contribution in [0.25, 0.3) is 11.0 Å². The van der Waals surface area contributed by atoms with Gasteiger partial charge in [-0.25, -0.2) is 9.78 Å².